The highest BCUT2D eigenvalue weighted by molar-refractivity contribution is 9.10. The van der Waals surface area contributed by atoms with E-state index in [9.17, 15) is 0 Å². The maximum absolute atomic E-state index is 6.25. The smallest absolute Gasteiger partial charge is 0.0576 e. The predicted octanol–water partition coefficient (Wildman–Crippen LogP) is 5.12. The van der Waals surface area contributed by atoms with Gasteiger partial charge in [-0.25, -0.2) is 0 Å². The molecule has 1 aromatic rings. The normalized spacial score (nSPS) is 19.8. The molecule has 1 unspecified atom stereocenters. The molecule has 0 spiro atoms. The molecule has 4 heteroatoms. The largest absolute Gasteiger partial charge is 0.378 e. The van der Waals surface area contributed by atoms with Gasteiger partial charge in [-0.3, -0.25) is 0 Å². The fraction of sp³-hybridized carbons (Fsp3) is 0.600. The standard InChI is InChI=1S/C15H19BrCl2O/c16-13-5-3-12(4-6-13)15(10-17,11-18)8-7-14-2-1-9-19-14/h3-6,14H,1-2,7-11H2. The van der Waals surface area contributed by atoms with Crippen molar-refractivity contribution in [1.29, 1.82) is 0 Å². The predicted molar refractivity (Wildman–Crippen MR) is 85.5 cm³/mol. The average molecular weight is 366 g/mol. The molecule has 0 aromatic heterocycles. The number of hydrogen-bond donors (Lipinski definition) is 0. The van der Waals surface area contributed by atoms with E-state index in [2.05, 4.69) is 40.2 Å². The van der Waals surface area contributed by atoms with Gasteiger partial charge in [0.25, 0.3) is 0 Å². The fourth-order valence-electron chi connectivity index (χ4n) is 2.58. The summed E-state index contributed by atoms with van der Waals surface area (Å²) in [6.45, 7) is 0.900. The van der Waals surface area contributed by atoms with E-state index in [0.29, 0.717) is 17.9 Å². The lowest BCUT2D eigenvalue weighted by atomic mass is 9.79. The van der Waals surface area contributed by atoms with Crippen molar-refractivity contribution < 1.29 is 4.74 Å². The van der Waals surface area contributed by atoms with Crippen molar-refractivity contribution in [3.63, 3.8) is 0 Å². The molecule has 0 bridgehead atoms. The van der Waals surface area contributed by atoms with Crippen LogP contribution in [0, 0.1) is 0 Å². The van der Waals surface area contributed by atoms with Crippen molar-refractivity contribution in [3.05, 3.63) is 34.3 Å². The van der Waals surface area contributed by atoms with Crippen molar-refractivity contribution >= 4 is 39.1 Å². The summed E-state index contributed by atoms with van der Waals surface area (Å²) in [5, 5.41) is 0. The van der Waals surface area contributed by atoms with Crippen molar-refractivity contribution in [3.8, 4) is 0 Å². The van der Waals surface area contributed by atoms with Crippen molar-refractivity contribution in [1.82, 2.24) is 0 Å². The summed E-state index contributed by atoms with van der Waals surface area (Å²) < 4.78 is 6.78. The van der Waals surface area contributed by atoms with E-state index < -0.39 is 0 Å². The Morgan fingerprint density at radius 2 is 1.89 bits per heavy atom. The minimum atomic E-state index is -0.143. The van der Waals surface area contributed by atoms with Crippen LogP contribution in [0.25, 0.3) is 0 Å². The molecular weight excluding hydrogens is 347 g/mol. The Balaban J connectivity index is 2.09. The molecule has 0 saturated carbocycles. The van der Waals surface area contributed by atoms with Gasteiger partial charge < -0.3 is 4.74 Å². The molecule has 1 atom stereocenters. The molecule has 1 nitrogen and oxygen atoms in total. The first kappa shape index (κ1) is 15.6. The van der Waals surface area contributed by atoms with E-state index in [-0.39, 0.29) is 5.41 Å². The minimum Gasteiger partial charge on any atom is -0.378 e. The van der Waals surface area contributed by atoms with E-state index in [1.165, 1.54) is 18.4 Å². The Labute approximate surface area is 133 Å². The molecule has 1 aromatic carbocycles. The van der Waals surface area contributed by atoms with Crippen LogP contribution in [-0.2, 0) is 10.2 Å². The molecule has 0 N–H and O–H groups in total. The summed E-state index contributed by atoms with van der Waals surface area (Å²) in [5.74, 6) is 1.09. The molecule has 1 aliphatic heterocycles. The lowest BCUT2D eigenvalue weighted by Crippen LogP contribution is -2.32. The number of benzene rings is 1. The Morgan fingerprint density at radius 1 is 1.21 bits per heavy atom. The van der Waals surface area contributed by atoms with Gasteiger partial charge in [0.05, 0.1) is 6.10 Å². The first-order chi connectivity index (χ1) is 9.20. The summed E-state index contributed by atoms with van der Waals surface area (Å²) >= 11 is 16.0. The topological polar surface area (TPSA) is 9.23 Å². The second-order valence-corrected chi connectivity index (χ2v) is 6.68. The van der Waals surface area contributed by atoms with Crippen LogP contribution in [0.1, 0.15) is 31.2 Å². The Kier molecular flexibility index (Phi) is 6.01. The van der Waals surface area contributed by atoms with Gasteiger partial charge in [0.15, 0.2) is 0 Å². The first-order valence-electron chi connectivity index (χ1n) is 6.70. The summed E-state index contributed by atoms with van der Waals surface area (Å²) in [6, 6.07) is 8.33. The molecular formula is C15H19BrCl2O. The molecule has 2 rings (SSSR count). The lowest BCUT2D eigenvalue weighted by Gasteiger charge is -2.31. The molecule has 1 saturated heterocycles. The van der Waals surface area contributed by atoms with E-state index >= 15 is 0 Å². The van der Waals surface area contributed by atoms with Gasteiger partial charge in [0.2, 0.25) is 0 Å². The van der Waals surface area contributed by atoms with Gasteiger partial charge in [-0.15, -0.1) is 23.2 Å². The maximum atomic E-state index is 6.25. The number of hydrogen-bond acceptors (Lipinski definition) is 1. The van der Waals surface area contributed by atoms with Crippen LogP contribution in [0.4, 0.5) is 0 Å². The zero-order valence-electron chi connectivity index (χ0n) is 10.9. The van der Waals surface area contributed by atoms with E-state index in [1.54, 1.807) is 0 Å². The summed E-state index contributed by atoms with van der Waals surface area (Å²) in [7, 11) is 0. The lowest BCUT2D eigenvalue weighted by molar-refractivity contribution is 0.0977. The van der Waals surface area contributed by atoms with E-state index in [0.717, 1.165) is 23.9 Å². The third-order valence-corrected chi connectivity index (χ3v) is 5.49. The highest BCUT2D eigenvalue weighted by Gasteiger charge is 2.32. The molecule has 0 aliphatic carbocycles. The van der Waals surface area contributed by atoms with Crippen LogP contribution in [0.5, 0.6) is 0 Å². The molecule has 19 heavy (non-hydrogen) atoms. The van der Waals surface area contributed by atoms with Crippen LogP contribution in [0.15, 0.2) is 28.7 Å². The molecule has 1 heterocycles. The van der Waals surface area contributed by atoms with Gasteiger partial charge in [0.1, 0.15) is 0 Å². The zero-order valence-corrected chi connectivity index (χ0v) is 14.0. The van der Waals surface area contributed by atoms with Crippen LogP contribution in [0.3, 0.4) is 0 Å². The number of rotatable bonds is 6. The minimum absolute atomic E-state index is 0.143. The van der Waals surface area contributed by atoms with Gasteiger partial charge in [-0.05, 0) is 43.4 Å². The van der Waals surface area contributed by atoms with Crippen molar-refractivity contribution in [2.45, 2.75) is 37.2 Å². The number of ether oxygens (including phenoxy) is 1. The van der Waals surface area contributed by atoms with Gasteiger partial charge in [-0.2, -0.15) is 0 Å². The van der Waals surface area contributed by atoms with Gasteiger partial charge in [-0.1, -0.05) is 28.1 Å². The molecule has 106 valence electrons. The third-order valence-electron chi connectivity index (χ3n) is 3.94. The molecule has 0 amide bonds. The summed E-state index contributed by atoms with van der Waals surface area (Å²) in [6.07, 6.45) is 4.75. The first-order valence-corrected chi connectivity index (χ1v) is 8.56. The van der Waals surface area contributed by atoms with E-state index in [4.69, 9.17) is 27.9 Å². The summed E-state index contributed by atoms with van der Waals surface area (Å²) in [4.78, 5) is 0. The van der Waals surface area contributed by atoms with Crippen LogP contribution < -0.4 is 0 Å². The Bertz CT molecular complexity index is 384. The van der Waals surface area contributed by atoms with E-state index in [1.807, 2.05) is 0 Å². The van der Waals surface area contributed by atoms with Crippen molar-refractivity contribution in [2.75, 3.05) is 18.4 Å². The second kappa shape index (κ2) is 7.31. The fourth-order valence-corrected chi connectivity index (χ4v) is 3.71. The molecule has 1 fully saturated rings. The SMILES string of the molecule is ClCC(CCl)(CCC1CCCO1)c1ccc(Br)cc1. The monoisotopic (exact) mass is 364 g/mol. The highest BCUT2D eigenvalue weighted by atomic mass is 79.9. The Morgan fingerprint density at radius 3 is 2.42 bits per heavy atom. The van der Waals surface area contributed by atoms with Gasteiger partial charge in [0, 0.05) is 28.3 Å². The van der Waals surface area contributed by atoms with Crippen LogP contribution in [0.2, 0.25) is 0 Å². The third kappa shape index (κ3) is 3.87. The maximum Gasteiger partial charge on any atom is 0.0576 e. The highest BCUT2D eigenvalue weighted by Crippen LogP contribution is 2.35. The molecule has 0 radical (unpaired) electrons. The van der Waals surface area contributed by atoms with Crippen LogP contribution >= 0.6 is 39.1 Å². The van der Waals surface area contributed by atoms with Crippen molar-refractivity contribution in [2.24, 2.45) is 0 Å². The Hall–Kier alpha value is 0.240. The van der Waals surface area contributed by atoms with Crippen LogP contribution in [-0.4, -0.2) is 24.5 Å². The average Bonchev–Trinajstić information content (AvgIpc) is 2.95. The quantitative estimate of drug-likeness (QED) is 0.635. The number of halogens is 3. The van der Waals surface area contributed by atoms with Gasteiger partial charge >= 0.3 is 0 Å². The number of alkyl halides is 2. The second-order valence-electron chi connectivity index (χ2n) is 5.23. The molecule has 1 aliphatic rings. The zero-order chi connectivity index (χ0) is 13.7. The summed E-state index contributed by atoms with van der Waals surface area (Å²) in [5.41, 5.74) is 1.08.